The minimum atomic E-state index is 0.696. The van der Waals surface area contributed by atoms with E-state index >= 15 is 0 Å². The summed E-state index contributed by atoms with van der Waals surface area (Å²) in [6.45, 7) is 12.3. The number of fused-ring (bicyclic) bond motifs is 3. The molecule has 4 aromatic rings. The Bertz CT molecular complexity index is 1040. The van der Waals surface area contributed by atoms with E-state index in [0.717, 1.165) is 10.8 Å². The maximum Gasteiger partial charge on any atom is 0.128 e. The number of furan rings is 1. The molecule has 1 nitrogen and oxygen atoms in total. The first-order chi connectivity index (χ1) is 10.1. The Morgan fingerprint density at radius 1 is 0.667 bits per heavy atom. The van der Waals surface area contributed by atoms with Crippen molar-refractivity contribution in [3.05, 3.63) is 58.4 Å². The molecule has 0 spiro atoms. The smallest absolute Gasteiger partial charge is 0.128 e. The van der Waals surface area contributed by atoms with Gasteiger partial charge >= 0.3 is 0 Å². The van der Waals surface area contributed by atoms with Crippen LogP contribution in [0.5, 0.6) is 0 Å². The van der Waals surface area contributed by atoms with E-state index in [-0.39, 0.29) is 0 Å². The van der Waals surface area contributed by atoms with Gasteiger partial charge in [-0.2, -0.15) is 0 Å². The van der Waals surface area contributed by atoms with Crippen LogP contribution in [0.1, 0.15) is 11.1 Å². The number of benzene rings is 3. The van der Waals surface area contributed by atoms with Crippen molar-refractivity contribution in [2.45, 2.75) is 13.8 Å². The Morgan fingerprint density at radius 2 is 1.10 bits per heavy atom. The quantitative estimate of drug-likeness (QED) is 0.438. The fourth-order valence-electron chi connectivity index (χ4n) is 3.37. The second kappa shape index (κ2) is 3.98. The number of rotatable bonds is 0. The molecule has 3 aromatic carbocycles. The molecule has 0 aliphatic rings. The van der Waals surface area contributed by atoms with E-state index in [4.69, 9.17) is 4.42 Å². The first-order valence-electron chi connectivity index (χ1n) is 7.10. The van der Waals surface area contributed by atoms with Crippen molar-refractivity contribution in [3.8, 4) is 0 Å². The van der Waals surface area contributed by atoms with Crippen molar-refractivity contribution in [1.82, 2.24) is 0 Å². The highest BCUT2D eigenvalue weighted by Gasteiger charge is 2.11. The minimum absolute atomic E-state index is 0.696. The number of hydrogen-bond donors (Lipinski definition) is 0. The molecular formula is C20H16O. The van der Waals surface area contributed by atoms with Crippen molar-refractivity contribution < 1.29 is 4.42 Å². The molecule has 1 aromatic heterocycles. The van der Waals surface area contributed by atoms with Gasteiger partial charge < -0.3 is 4.42 Å². The summed E-state index contributed by atoms with van der Waals surface area (Å²) in [7, 11) is 0. The van der Waals surface area contributed by atoms with Crippen molar-refractivity contribution in [3.63, 3.8) is 0 Å². The summed E-state index contributed by atoms with van der Waals surface area (Å²) in [5.41, 5.74) is 4.00. The third kappa shape index (κ3) is 1.52. The van der Waals surface area contributed by atoms with E-state index in [0.29, 0.717) is 10.8 Å². The van der Waals surface area contributed by atoms with Gasteiger partial charge in [-0.1, -0.05) is 37.4 Å². The van der Waals surface area contributed by atoms with Gasteiger partial charge in [-0.3, -0.25) is 0 Å². The predicted octanol–water partition coefficient (Wildman–Crippen LogP) is 4.18. The van der Waals surface area contributed by atoms with Gasteiger partial charge in [-0.25, -0.2) is 0 Å². The largest absolute Gasteiger partial charge is 0.457 e. The van der Waals surface area contributed by atoms with Crippen LogP contribution in [-0.4, -0.2) is 0 Å². The highest BCUT2D eigenvalue weighted by atomic mass is 16.3. The zero-order valence-electron chi connectivity index (χ0n) is 12.3. The summed E-state index contributed by atoms with van der Waals surface area (Å²) in [5.74, 6) is 0. The van der Waals surface area contributed by atoms with E-state index in [9.17, 15) is 0 Å². The van der Waals surface area contributed by atoms with E-state index < -0.39 is 0 Å². The maximum absolute atomic E-state index is 5.59. The van der Waals surface area contributed by atoms with E-state index in [1.165, 1.54) is 32.7 Å². The average Bonchev–Trinajstić information content (AvgIpc) is 2.78. The molecule has 0 saturated heterocycles. The van der Waals surface area contributed by atoms with Crippen molar-refractivity contribution in [2.24, 2.45) is 0 Å². The van der Waals surface area contributed by atoms with Gasteiger partial charge in [0.2, 0.25) is 0 Å². The molecule has 0 radical (unpaired) electrons. The highest BCUT2D eigenvalue weighted by Crippen LogP contribution is 2.33. The van der Waals surface area contributed by atoms with Crippen LogP contribution in [0.4, 0.5) is 0 Å². The summed E-state index contributed by atoms with van der Waals surface area (Å²) >= 11 is 0. The standard InChI is InChI=1S/C20H16O/c1-11-15-7-5-6-8-16(15)12(2)18-10-20-14(4)21-13(3)19(20)9-17(11)18/h5-10H,3-4H2,1-2H3. The number of hydrogen-bond acceptors (Lipinski definition) is 1. The van der Waals surface area contributed by atoms with Crippen molar-refractivity contribution in [1.29, 1.82) is 0 Å². The van der Waals surface area contributed by atoms with Crippen molar-refractivity contribution in [2.75, 3.05) is 0 Å². The fourth-order valence-corrected chi connectivity index (χ4v) is 3.37. The molecule has 1 heterocycles. The van der Waals surface area contributed by atoms with Crippen LogP contribution >= 0.6 is 0 Å². The summed E-state index contributed by atoms with van der Waals surface area (Å²) < 4.78 is 5.59. The van der Waals surface area contributed by atoms with E-state index in [1.807, 2.05) is 0 Å². The Hall–Kier alpha value is -2.54. The summed E-state index contributed by atoms with van der Waals surface area (Å²) in [6, 6.07) is 13.0. The Balaban J connectivity index is 2.38. The molecule has 21 heavy (non-hydrogen) atoms. The number of aryl methyl sites for hydroxylation is 2. The summed E-state index contributed by atoms with van der Waals surface area (Å²) in [6.07, 6.45) is 0. The molecule has 0 fully saturated rings. The third-order valence-electron chi connectivity index (χ3n) is 4.55. The molecule has 4 rings (SSSR count). The Kier molecular flexibility index (Phi) is 2.32. The zero-order chi connectivity index (χ0) is 14.7. The van der Waals surface area contributed by atoms with Crippen LogP contribution in [0.2, 0.25) is 0 Å². The first-order valence-corrected chi connectivity index (χ1v) is 7.10. The van der Waals surface area contributed by atoms with Gasteiger partial charge in [0.15, 0.2) is 0 Å². The van der Waals surface area contributed by atoms with Crippen LogP contribution in [0, 0.1) is 13.8 Å². The van der Waals surface area contributed by atoms with E-state index in [2.05, 4.69) is 63.4 Å². The lowest BCUT2D eigenvalue weighted by Crippen LogP contribution is -1.93. The topological polar surface area (TPSA) is 13.1 Å². The second-order valence-corrected chi connectivity index (χ2v) is 5.69. The molecule has 0 N–H and O–H groups in total. The monoisotopic (exact) mass is 272 g/mol. The van der Waals surface area contributed by atoms with Crippen LogP contribution in [0.15, 0.2) is 40.8 Å². The molecule has 0 atom stereocenters. The normalized spacial score (nSPS) is 11.7. The fraction of sp³-hybridized carbons (Fsp3) is 0.100. The van der Waals surface area contributed by atoms with Crippen LogP contribution < -0.4 is 10.8 Å². The predicted molar refractivity (Wildman–Crippen MR) is 91.0 cm³/mol. The van der Waals surface area contributed by atoms with Gasteiger partial charge in [0.1, 0.15) is 10.8 Å². The molecule has 0 aliphatic carbocycles. The second-order valence-electron chi connectivity index (χ2n) is 5.69. The first kappa shape index (κ1) is 12.2. The van der Waals surface area contributed by atoms with Crippen molar-refractivity contribution >= 4 is 45.5 Å². The lowest BCUT2D eigenvalue weighted by molar-refractivity contribution is 0.511. The molecule has 0 amide bonds. The SMILES string of the molecule is C=c1oc(=C)c2cc3c(C)c4ccccc4c(C)c3cc12. The lowest BCUT2D eigenvalue weighted by Gasteiger charge is -2.12. The lowest BCUT2D eigenvalue weighted by atomic mass is 9.92. The molecule has 102 valence electrons. The van der Waals surface area contributed by atoms with Gasteiger partial charge in [0, 0.05) is 10.8 Å². The van der Waals surface area contributed by atoms with Gasteiger partial charge in [-0.15, -0.1) is 0 Å². The van der Waals surface area contributed by atoms with Gasteiger partial charge in [-0.05, 0) is 58.7 Å². The summed E-state index contributed by atoms with van der Waals surface area (Å²) in [4.78, 5) is 0. The molecule has 1 heteroatoms. The Labute approximate surface area is 122 Å². The van der Waals surface area contributed by atoms with E-state index in [1.54, 1.807) is 0 Å². The molecule has 0 aliphatic heterocycles. The van der Waals surface area contributed by atoms with Crippen LogP contribution in [0.3, 0.4) is 0 Å². The van der Waals surface area contributed by atoms with Gasteiger partial charge in [0.05, 0.1) is 0 Å². The maximum atomic E-state index is 5.59. The molecule has 0 bridgehead atoms. The molecule has 0 saturated carbocycles. The van der Waals surface area contributed by atoms with Crippen LogP contribution in [-0.2, 0) is 0 Å². The molecule has 0 unspecified atom stereocenters. The highest BCUT2D eigenvalue weighted by molar-refractivity contribution is 6.09. The zero-order valence-corrected chi connectivity index (χ0v) is 12.3. The van der Waals surface area contributed by atoms with Gasteiger partial charge in [0.25, 0.3) is 0 Å². The average molecular weight is 272 g/mol. The third-order valence-corrected chi connectivity index (χ3v) is 4.55. The van der Waals surface area contributed by atoms with Crippen LogP contribution in [0.25, 0.3) is 45.5 Å². The minimum Gasteiger partial charge on any atom is -0.457 e. The summed E-state index contributed by atoms with van der Waals surface area (Å²) in [5, 5.41) is 7.28. The Morgan fingerprint density at radius 3 is 1.52 bits per heavy atom. The molecular weight excluding hydrogens is 256 g/mol.